The Morgan fingerprint density at radius 2 is 2.38 bits per heavy atom. The van der Waals surface area contributed by atoms with Crippen LogP contribution >= 0.6 is 0 Å². The van der Waals surface area contributed by atoms with Crippen LogP contribution in [0, 0.1) is 5.41 Å². The second-order valence-electron chi connectivity index (χ2n) is 6.51. The standard InChI is InChI=1S/C15H20N4O2/c20-14(18-21)11-5-10-2-4-19(7-12(10)17-6-11)13-1-3-15(13)8-16-9-15/h5-6,13,16,21H,1-4,7-9H2,(H,18,20). The summed E-state index contributed by atoms with van der Waals surface area (Å²) in [6.07, 6.45) is 5.11. The Labute approximate surface area is 123 Å². The third-order valence-corrected chi connectivity index (χ3v) is 5.46. The van der Waals surface area contributed by atoms with E-state index in [0.29, 0.717) is 17.0 Å². The Hall–Kier alpha value is -1.50. The van der Waals surface area contributed by atoms with Gasteiger partial charge in [-0.15, -0.1) is 0 Å². The number of nitrogens with zero attached hydrogens (tertiary/aromatic N) is 2. The zero-order valence-corrected chi connectivity index (χ0v) is 11.9. The van der Waals surface area contributed by atoms with E-state index in [9.17, 15) is 4.79 Å². The molecule has 0 radical (unpaired) electrons. The number of fused-ring (bicyclic) bond motifs is 1. The summed E-state index contributed by atoms with van der Waals surface area (Å²) in [6, 6.07) is 2.54. The molecular formula is C15H20N4O2. The van der Waals surface area contributed by atoms with Gasteiger partial charge < -0.3 is 5.32 Å². The summed E-state index contributed by atoms with van der Waals surface area (Å²) in [5.74, 6) is -0.494. The summed E-state index contributed by atoms with van der Waals surface area (Å²) in [4.78, 5) is 18.4. The van der Waals surface area contributed by atoms with Crippen LogP contribution in [0.2, 0.25) is 0 Å². The minimum Gasteiger partial charge on any atom is -0.315 e. The van der Waals surface area contributed by atoms with Crippen LogP contribution in [-0.4, -0.2) is 46.7 Å². The molecular weight excluding hydrogens is 268 g/mol. The van der Waals surface area contributed by atoms with E-state index >= 15 is 0 Å². The van der Waals surface area contributed by atoms with Crippen LogP contribution in [-0.2, 0) is 13.0 Å². The third-order valence-electron chi connectivity index (χ3n) is 5.46. The molecule has 3 heterocycles. The van der Waals surface area contributed by atoms with Crippen molar-refractivity contribution in [1.82, 2.24) is 20.7 Å². The lowest BCUT2D eigenvalue weighted by Gasteiger charge is -2.60. The van der Waals surface area contributed by atoms with Gasteiger partial charge >= 0.3 is 0 Å². The number of hydrogen-bond acceptors (Lipinski definition) is 5. The number of amides is 1. The number of aromatic nitrogens is 1. The average molecular weight is 288 g/mol. The van der Waals surface area contributed by atoms with Crippen molar-refractivity contribution in [3.05, 3.63) is 29.1 Å². The lowest BCUT2D eigenvalue weighted by atomic mass is 9.59. The highest BCUT2D eigenvalue weighted by atomic mass is 16.5. The van der Waals surface area contributed by atoms with Gasteiger partial charge in [-0.1, -0.05) is 0 Å². The van der Waals surface area contributed by atoms with Gasteiger partial charge in [0.05, 0.1) is 11.3 Å². The topological polar surface area (TPSA) is 77.5 Å². The maximum atomic E-state index is 11.4. The molecule has 1 atom stereocenters. The van der Waals surface area contributed by atoms with Crippen molar-refractivity contribution in [3.63, 3.8) is 0 Å². The zero-order valence-electron chi connectivity index (χ0n) is 11.9. The lowest BCUT2D eigenvalue weighted by molar-refractivity contribution is -0.0695. The molecule has 1 saturated carbocycles. The minimum absolute atomic E-state index is 0.424. The Morgan fingerprint density at radius 1 is 1.52 bits per heavy atom. The predicted octanol–water partition coefficient (Wildman–Crippen LogP) is 0.311. The van der Waals surface area contributed by atoms with E-state index in [1.165, 1.54) is 12.8 Å². The van der Waals surface area contributed by atoms with Crippen molar-refractivity contribution in [2.45, 2.75) is 31.8 Å². The predicted molar refractivity (Wildman–Crippen MR) is 75.9 cm³/mol. The van der Waals surface area contributed by atoms with E-state index in [-0.39, 0.29) is 0 Å². The number of nitrogens with one attached hydrogen (secondary N) is 2. The molecule has 6 heteroatoms. The van der Waals surface area contributed by atoms with Crippen molar-refractivity contribution in [3.8, 4) is 0 Å². The summed E-state index contributed by atoms with van der Waals surface area (Å²) in [6.45, 7) is 4.22. The number of hydroxylamine groups is 1. The van der Waals surface area contributed by atoms with Gasteiger partial charge in [0.2, 0.25) is 0 Å². The first-order chi connectivity index (χ1) is 10.2. The van der Waals surface area contributed by atoms with Crippen molar-refractivity contribution >= 4 is 5.91 Å². The largest absolute Gasteiger partial charge is 0.315 e. The molecule has 2 fully saturated rings. The number of carbonyl (C=O) groups is 1. The van der Waals surface area contributed by atoms with Crippen LogP contribution < -0.4 is 10.8 Å². The highest BCUT2D eigenvalue weighted by molar-refractivity contribution is 5.93. The fraction of sp³-hybridized carbons (Fsp3) is 0.600. The lowest BCUT2D eigenvalue weighted by Crippen LogP contribution is -2.69. The molecule has 6 nitrogen and oxygen atoms in total. The van der Waals surface area contributed by atoms with E-state index in [0.717, 1.165) is 43.9 Å². The van der Waals surface area contributed by atoms with Gasteiger partial charge in [-0.3, -0.25) is 19.9 Å². The summed E-state index contributed by atoms with van der Waals surface area (Å²) in [5, 5.41) is 12.1. The van der Waals surface area contributed by atoms with E-state index < -0.39 is 5.91 Å². The van der Waals surface area contributed by atoms with E-state index in [2.05, 4.69) is 15.2 Å². The molecule has 1 aliphatic carbocycles. The Morgan fingerprint density at radius 3 is 3.00 bits per heavy atom. The monoisotopic (exact) mass is 288 g/mol. The van der Waals surface area contributed by atoms with Crippen LogP contribution in [0.5, 0.6) is 0 Å². The van der Waals surface area contributed by atoms with Crippen LogP contribution in [0.4, 0.5) is 0 Å². The summed E-state index contributed by atoms with van der Waals surface area (Å²) >= 11 is 0. The van der Waals surface area contributed by atoms with Gasteiger partial charge in [0.25, 0.3) is 5.91 Å². The Bertz CT molecular complexity index is 580. The molecule has 1 saturated heterocycles. The molecule has 1 aromatic heterocycles. The molecule has 0 aromatic carbocycles. The van der Waals surface area contributed by atoms with Crippen LogP contribution in [0.15, 0.2) is 12.3 Å². The van der Waals surface area contributed by atoms with E-state index in [1.807, 2.05) is 6.07 Å². The molecule has 2 aliphatic heterocycles. The fourth-order valence-electron chi connectivity index (χ4n) is 4.00. The molecule has 1 unspecified atom stereocenters. The number of carbonyl (C=O) groups excluding carboxylic acids is 1. The molecule has 21 heavy (non-hydrogen) atoms. The highest BCUT2D eigenvalue weighted by Crippen LogP contribution is 2.48. The maximum absolute atomic E-state index is 11.4. The highest BCUT2D eigenvalue weighted by Gasteiger charge is 2.53. The van der Waals surface area contributed by atoms with Crippen LogP contribution in [0.3, 0.4) is 0 Å². The second-order valence-corrected chi connectivity index (χ2v) is 6.51. The third kappa shape index (κ3) is 1.97. The molecule has 3 N–H and O–H groups in total. The summed E-state index contributed by atoms with van der Waals surface area (Å²) in [5.41, 5.74) is 4.82. The Kier molecular flexibility index (Phi) is 2.99. The van der Waals surface area contributed by atoms with Crippen molar-refractivity contribution in [2.24, 2.45) is 5.41 Å². The van der Waals surface area contributed by atoms with E-state index in [4.69, 9.17) is 5.21 Å². The average Bonchev–Trinajstić information content (AvgIpc) is 2.43. The second kappa shape index (κ2) is 4.76. The molecule has 4 rings (SSSR count). The first-order valence-electron chi connectivity index (χ1n) is 7.59. The first kappa shape index (κ1) is 13.2. The number of pyridine rings is 1. The SMILES string of the molecule is O=C(NO)c1cnc2c(c1)CCN(C1CCC13CNC3)C2. The van der Waals surface area contributed by atoms with Gasteiger partial charge in [-0.2, -0.15) is 0 Å². The fourth-order valence-corrected chi connectivity index (χ4v) is 4.00. The smallest absolute Gasteiger partial charge is 0.276 e. The maximum Gasteiger partial charge on any atom is 0.276 e. The van der Waals surface area contributed by atoms with Crippen LogP contribution in [0.1, 0.15) is 34.5 Å². The van der Waals surface area contributed by atoms with Gasteiger partial charge in [0.1, 0.15) is 0 Å². The zero-order chi connectivity index (χ0) is 14.4. The van der Waals surface area contributed by atoms with Crippen molar-refractivity contribution in [2.75, 3.05) is 19.6 Å². The van der Waals surface area contributed by atoms with Gasteiger partial charge in [-0.05, 0) is 30.9 Å². The Balaban J connectivity index is 1.52. The number of hydrogen-bond donors (Lipinski definition) is 3. The summed E-state index contributed by atoms with van der Waals surface area (Å²) < 4.78 is 0. The molecule has 1 spiro atoms. The molecule has 3 aliphatic rings. The first-order valence-corrected chi connectivity index (χ1v) is 7.59. The minimum atomic E-state index is -0.494. The van der Waals surface area contributed by atoms with Gasteiger partial charge in [0.15, 0.2) is 0 Å². The summed E-state index contributed by atoms with van der Waals surface area (Å²) in [7, 11) is 0. The molecule has 1 amide bonds. The van der Waals surface area contributed by atoms with E-state index in [1.54, 1.807) is 11.7 Å². The van der Waals surface area contributed by atoms with Gasteiger partial charge in [-0.25, -0.2) is 5.48 Å². The molecule has 112 valence electrons. The van der Waals surface area contributed by atoms with Crippen LogP contribution in [0.25, 0.3) is 0 Å². The molecule has 1 aromatic rings. The normalized spacial score (nSPS) is 26.6. The van der Waals surface area contributed by atoms with Crippen molar-refractivity contribution < 1.29 is 10.0 Å². The number of rotatable bonds is 2. The quantitative estimate of drug-likeness (QED) is 0.539. The van der Waals surface area contributed by atoms with Gasteiger partial charge in [0, 0.05) is 43.8 Å². The van der Waals surface area contributed by atoms with Crippen molar-refractivity contribution in [1.29, 1.82) is 0 Å². The molecule has 0 bridgehead atoms.